The smallest absolute Gasteiger partial charge is 0.306 e. The van der Waals surface area contributed by atoms with Gasteiger partial charge in [-0.15, -0.1) is 0 Å². The molecule has 0 bridgehead atoms. The van der Waals surface area contributed by atoms with E-state index in [4.69, 9.17) is 14.2 Å². The minimum absolute atomic E-state index is 0.0974. The quantitative estimate of drug-likeness (QED) is 0.446. The molecule has 0 aliphatic carbocycles. The molecule has 1 rings (SSSR count). The average molecular weight is 258 g/mol. The summed E-state index contributed by atoms with van der Waals surface area (Å²) in [5, 5.41) is 0. The Kier molecular flexibility index (Phi) is 8.01. The van der Waals surface area contributed by atoms with Crippen LogP contribution in [0.5, 0.6) is 0 Å². The normalized spacial score (nSPS) is 21.0. The molecule has 0 radical (unpaired) electrons. The predicted octanol–water partition coefficient (Wildman–Crippen LogP) is 2.69. The number of ether oxygens (including phenoxy) is 3. The standard InChI is InChI=1S/C14H26O4/c1-3-5-9-16-11-13(17-10-6-4-2)12-7-8-14(15)18-12/h12-13H,3-11H2,1-2H3. The van der Waals surface area contributed by atoms with Crippen LogP contribution in [0.25, 0.3) is 0 Å². The van der Waals surface area contributed by atoms with E-state index in [1.165, 1.54) is 0 Å². The van der Waals surface area contributed by atoms with Gasteiger partial charge in [0.2, 0.25) is 0 Å². The zero-order valence-electron chi connectivity index (χ0n) is 11.7. The molecule has 1 heterocycles. The minimum Gasteiger partial charge on any atom is -0.459 e. The maximum atomic E-state index is 11.1. The highest BCUT2D eigenvalue weighted by Crippen LogP contribution is 2.20. The first-order valence-electron chi connectivity index (χ1n) is 7.16. The van der Waals surface area contributed by atoms with Crippen LogP contribution in [0.1, 0.15) is 52.4 Å². The molecule has 2 atom stereocenters. The van der Waals surface area contributed by atoms with E-state index in [1.807, 2.05) is 0 Å². The van der Waals surface area contributed by atoms with Gasteiger partial charge in [0, 0.05) is 19.6 Å². The van der Waals surface area contributed by atoms with Gasteiger partial charge in [0.1, 0.15) is 12.2 Å². The zero-order chi connectivity index (χ0) is 13.2. The van der Waals surface area contributed by atoms with Crippen LogP contribution in [-0.4, -0.2) is 38.0 Å². The van der Waals surface area contributed by atoms with Gasteiger partial charge in [0.15, 0.2) is 0 Å². The van der Waals surface area contributed by atoms with Gasteiger partial charge in [-0.25, -0.2) is 0 Å². The van der Waals surface area contributed by atoms with E-state index in [-0.39, 0.29) is 18.2 Å². The number of hydrogen-bond donors (Lipinski definition) is 0. The average Bonchev–Trinajstić information content (AvgIpc) is 2.79. The third-order valence-electron chi connectivity index (χ3n) is 3.08. The van der Waals surface area contributed by atoms with Gasteiger partial charge < -0.3 is 14.2 Å². The van der Waals surface area contributed by atoms with Crippen LogP contribution < -0.4 is 0 Å². The Morgan fingerprint density at radius 2 is 2.00 bits per heavy atom. The highest BCUT2D eigenvalue weighted by Gasteiger charge is 2.31. The van der Waals surface area contributed by atoms with Gasteiger partial charge in [0.05, 0.1) is 6.61 Å². The Balaban J connectivity index is 2.29. The van der Waals surface area contributed by atoms with Gasteiger partial charge >= 0.3 is 5.97 Å². The summed E-state index contributed by atoms with van der Waals surface area (Å²) in [6, 6.07) is 0. The number of cyclic esters (lactones) is 1. The number of carbonyl (C=O) groups is 1. The van der Waals surface area contributed by atoms with Crippen molar-refractivity contribution < 1.29 is 19.0 Å². The Labute approximate surface area is 110 Å². The van der Waals surface area contributed by atoms with Gasteiger partial charge in [-0.1, -0.05) is 26.7 Å². The fraction of sp³-hybridized carbons (Fsp3) is 0.929. The van der Waals surface area contributed by atoms with Gasteiger partial charge in [-0.05, 0) is 19.3 Å². The van der Waals surface area contributed by atoms with E-state index in [0.29, 0.717) is 19.6 Å². The van der Waals surface area contributed by atoms with Crippen LogP contribution in [-0.2, 0) is 19.0 Å². The molecule has 0 aromatic rings. The van der Waals surface area contributed by atoms with Crippen molar-refractivity contribution in [3.8, 4) is 0 Å². The van der Waals surface area contributed by atoms with Crippen LogP contribution >= 0.6 is 0 Å². The maximum Gasteiger partial charge on any atom is 0.306 e. The molecule has 0 aromatic carbocycles. The van der Waals surface area contributed by atoms with E-state index in [0.717, 1.165) is 38.7 Å². The van der Waals surface area contributed by atoms with Crippen LogP contribution in [0.4, 0.5) is 0 Å². The van der Waals surface area contributed by atoms with E-state index < -0.39 is 0 Å². The van der Waals surface area contributed by atoms with Gasteiger partial charge in [-0.2, -0.15) is 0 Å². The molecular formula is C14H26O4. The van der Waals surface area contributed by atoms with E-state index in [9.17, 15) is 4.79 Å². The largest absolute Gasteiger partial charge is 0.459 e. The van der Waals surface area contributed by atoms with Gasteiger partial charge in [-0.3, -0.25) is 4.79 Å². The highest BCUT2D eigenvalue weighted by molar-refractivity contribution is 5.71. The van der Waals surface area contributed by atoms with E-state index in [1.54, 1.807) is 0 Å². The number of esters is 1. The molecule has 1 saturated heterocycles. The fourth-order valence-electron chi connectivity index (χ4n) is 1.90. The first-order valence-corrected chi connectivity index (χ1v) is 7.16. The third-order valence-corrected chi connectivity index (χ3v) is 3.08. The first-order chi connectivity index (χ1) is 8.77. The summed E-state index contributed by atoms with van der Waals surface area (Å²) < 4.78 is 16.7. The molecule has 0 saturated carbocycles. The SMILES string of the molecule is CCCCOCC(OCCCC)C1CCC(=O)O1. The van der Waals surface area contributed by atoms with Crippen molar-refractivity contribution in [1.82, 2.24) is 0 Å². The predicted molar refractivity (Wildman–Crippen MR) is 69.5 cm³/mol. The van der Waals surface area contributed by atoms with E-state index >= 15 is 0 Å². The number of carbonyl (C=O) groups excluding carboxylic acids is 1. The molecule has 4 heteroatoms. The monoisotopic (exact) mass is 258 g/mol. The maximum absolute atomic E-state index is 11.1. The second-order valence-electron chi connectivity index (χ2n) is 4.76. The number of rotatable bonds is 10. The summed E-state index contributed by atoms with van der Waals surface area (Å²) in [5.41, 5.74) is 0. The van der Waals surface area contributed by atoms with Crippen LogP contribution in [0, 0.1) is 0 Å². The van der Waals surface area contributed by atoms with Crippen LogP contribution in [0.2, 0.25) is 0 Å². The Morgan fingerprint density at radius 3 is 2.61 bits per heavy atom. The van der Waals surface area contributed by atoms with Crippen molar-refractivity contribution >= 4 is 5.97 Å². The fourth-order valence-corrected chi connectivity index (χ4v) is 1.90. The Morgan fingerprint density at radius 1 is 1.28 bits per heavy atom. The van der Waals surface area contributed by atoms with Crippen molar-refractivity contribution in [3.63, 3.8) is 0 Å². The Bertz CT molecular complexity index is 230. The molecule has 106 valence electrons. The van der Waals surface area contributed by atoms with Crippen LogP contribution in [0.15, 0.2) is 0 Å². The molecule has 1 aliphatic heterocycles. The minimum atomic E-state index is -0.115. The number of unbranched alkanes of at least 4 members (excludes halogenated alkanes) is 2. The lowest BCUT2D eigenvalue weighted by molar-refractivity contribution is -0.150. The van der Waals surface area contributed by atoms with Crippen molar-refractivity contribution in [2.24, 2.45) is 0 Å². The lowest BCUT2D eigenvalue weighted by Crippen LogP contribution is -2.34. The third kappa shape index (κ3) is 5.83. The lowest BCUT2D eigenvalue weighted by atomic mass is 10.1. The lowest BCUT2D eigenvalue weighted by Gasteiger charge is -2.22. The molecular weight excluding hydrogens is 232 g/mol. The van der Waals surface area contributed by atoms with E-state index in [2.05, 4.69) is 13.8 Å². The van der Waals surface area contributed by atoms with Crippen LogP contribution in [0.3, 0.4) is 0 Å². The molecule has 0 spiro atoms. The topological polar surface area (TPSA) is 44.8 Å². The van der Waals surface area contributed by atoms with Gasteiger partial charge in [0.25, 0.3) is 0 Å². The van der Waals surface area contributed by atoms with Crippen molar-refractivity contribution in [2.45, 2.75) is 64.6 Å². The molecule has 0 aromatic heterocycles. The number of hydrogen-bond acceptors (Lipinski definition) is 4. The summed E-state index contributed by atoms with van der Waals surface area (Å²) in [6.45, 7) is 6.27. The summed E-state index contributed by atoms with van der Waals surface area (Å²) in [7, 11) is 0. The zero-order valence-corrected chi connectivity index (χ0v) is 11.7. The molecule has 0 N–H and O–H groups in total. The summed E-state index contributed by atoms with van der Waals surface area (Å²) in [4.78, 5) is 11.1. The molecule has 4 nitrogen and oxygen atoms in total. The molecule has 1 aliphatic rings. The summed E-state index contributed by atoms with van der Waals surface area (Å²) in [6.07, 6.45) is 5.38. The van der Waals surface area contributed by atoms with Crippen molar-refractivity contribution in [1.29, 1.82) is 0 Å². The first kappa shape index (κ1) is 15.4. The molecule has 1 fully saturated rings. The molecule has 2 unspecified atom stereocenters. The molecule has 0 amide bonds. The summed E-state index contributed by atoms with van der Waals surface area (Å²) in [5.74, 6) is -0.113. The van der Waals surface area contributed by atoms with Crippen molar-refractivity contribution in [3.05, 3.63) is 0 Å². The van der Waals surface area contributed by atoms with Crippen molar-refractivity contribution in [2.75, 3.05) is 19.8 Å². The summed E-state index contributed by atoms with van der Waals surface area (Å²) >= 11 is 0. The molecule has 18 heavy (non-hydrogen) atoms. The highest BCUT2D eigenvalue weighted by atomic mass is 16.6. The second-order valence-corrected chi connectivity index (χ2v) is 4.76. The Hall–Kier alpha value is -0.610. The second kappa shape index (κ2) is 9.34.